The van der Waals surface area contributed by atoms with Crippen LogP contribution in [0.4, 0.5) is 4.39 Å². The van der Waals surface area contributed by atoms with E-state index in [2.05, 4.69) is 5.32 Å². The highest BCUT2D eigenvalue weighted by Gasteiger charge is 2.49. The highest BCUT2D eigenvalue weighted by atomic mass is 19.1. The topological polar surface area (TPSA) is 21.3 Å². The maximum Gasteiger partial charge on any atom is 0.124 e. The lowest BCUT2D eigenvalue weighted by atomic mass is 9.94. The Bertz CT molecular complexity index is 124. The Morgan fingerprint density at radius 1 is 1.56 bits per heavy atom. The van der Waals surface area contributed by atoms with Gasteiger partial charge in [-0.25, -0.2) is 4.39 Å². The number of halogens is 1. The summed E-state index contributed by atoms with van der Waals surface area (Å²) in [5.41, 5.74) is -0.264. The van der Waals surface area contributed by atoms with Gasteiger partial charge in [-0.05, 0) is 13.0 Å². The molecule has 1 unspecified atom stereocenters. The summed E-state index contributed by atoms with van der Waals surface area (Å²) in [6.45, 7) is 1.94. The average molecular weight is 131 g/mol. The van der Waals surface area contributed by atoms with Crippen molar-refractivity contribution < 1.29 is 9.13 Å². The molecule has 2 fully saturated rings. The molecule has 0 aromatic carbocycles. The third kappa shape index (κ3) is 0.618. The van der Waals surface area contributed by atoms with Crippen LogP contribution in [0.5, 0.6) is 0 Å². The molecule has 2 rings (SSSR count). The molecule has 1 spiro atoms. The molecule has 0 radical (unpaired) electrons. The van der Waals surface area contributed by atoms with Crippen molar-refractivity contribution in [2.75, 3.05) is 19.8 Å². The van der Waals surface area contributed by atoms with Gasteiger partial charge >= 0.3 is 0 Å². The van der Waals surface area contributed by atoms with Crippen molar-refractivity contribution in [3.63, 3.8) is 0 Å². The number of rotatable bonds is 0. The molecule has 0 aliphatic carbocycles. The predicted molar refractivity (Wildman–Crippen MR) is 31.1 cm³/mol. The molecule has 2 aliphatic heterocycles. The highest BCUT2D eigenvalue weighted by Crippen LogP contribution is 2.29. The molecule has 2 nitrogen and oxygen atoms in total. The van der Waals surface area contributed by atoms with E-state index < -0.39 is 6.17 Å². The summed E-state index contributed by atoms with van der Waals surface area (Å²) in [6, 6.07) is 0. The summed E-state index contributed by atoms with van der Waals surface area (Å²) in [5, 5.41) is 3.12. The van der Waals surface area contributed by atoms with E-state index >= 15 is 0 Å². The van der Waals surface area contributed by atoms with Gasteiger partial charge in [-0.2, -0.15) is 0 Å². The molecular weight excluding hydrogens is 121 g/mol. The summed E-state index contributed by atoms with van der Waals surface area (Å²) in [7, 11) is 0. The standard InChI is InChI=1S/C6H10FNO/c7-5-1-2-8-6(5)3-9-4-6/h5,8H,1-4H2. The number of ether oxygens (including phenoxy) is 1. The van der Waals surface area contributed by atoms with E-state index in [1.807, 2.05) is 0 Å². The van der Waals surface area contributed by atoms with E-state index in [1.165, 1.54) is 0 Å². The molecule has 1 atom stereocenters. The molecule has 2 aliphatic rings. The van der Waals surface area contributed by atoms with E-state index in [0.29, 0.717) is 19.6 Å². The van der Waals surface area contributed by atoms with Crippen molar-refractivity contribution >= 4 is 0 Å². The normalized spacial score (nSPS) is 39.0. The van der Waals surface area contributed by atoms with Crippen LogP contribution in [0.2, 0.25) is 0 Å². The van der Waals surface area contributed by atoms with Crippen molar-refractivity contribution in [2.45, 2.75) is 18.1 Å². The van der Waals surface area contributed by atoms with Gasteiger partial charge in [0.1, 0.15) is 6.17 Å². The van der Waals surface area contributed by atoms with Gasteiger partial charge in [0.05, 0.1) is 18.8 Å². The Hall–Kier alpha value is -0.150. The average Bonchev–Trinajstić information content (AvgIpc) is 2.07. The molecular formula is C6H10FNO. The van der Waals surface area contributed by atoms with Crippen LogP contribution in [0.25, 0.3) is 0 Å². The molecule has 0 amide bonds. The first kappa shape index (κ1) is 5.62. The lowest BCUT2D eigenvalue weighted by Crippen LogP contribution is -2.61. The Labute approximate surface area is 53.4 Å². The SMILES string of the molecule is FC1CCNC12COC2. The van der Waals surface area contributed by atoms with Gasteiger partial charge in [0.25, 0.3) is 0 Å². The largest absolute Gasteiger partial charge is 0.377 e. The fourth-order valence-electron chi connectivity index (χ4n) is 1.44. The van der Waals surface area contributed by atoms with Crippen LogP contribution < -0.4 is 5.32 Å². The summed E-state index contributed by atoms with van der Waals surface area (Å²) in [4.78, 5) is 0. The molecule has 0 aromatic heterocycles. The molecule has 1 N–H and O–H groups in total. The molecule has 2 saturated heterocycles. The van der Waals surface area contributed by atoms with E-state index in [9.17, 15) is 4.39 Å². The zero-order valence-electron chi connectivity index (χ0n) is 5.19. The molecule has 0 aromatic rings. The van der Waals surface area contributed by atoms with Crippen LogP contribution in [0.15, 0.2) is 0 Å². The third-order valence-electron chi connectivity index (χ3n) is 2.19. The molecule has 9 heavy (non-hydrogen) atoms. The van der Waals surface area contributed by atoms with Gasteiger partial charge in [-0.1, -0.05) is 0 Å². The van der Waals surface area contributed by atoms with Gasteiger partial charge in [-0.3, -0.25) is 0 Å². The van der Waals surface area contributed by atoms with Gasteiger partial charge in [0.2, 0.25) is 0 Å². The monoisotopic (exact) mass is 131 g/mol. The summed E-state index contributed by atoms with van der Waals surface area (Å²) in [6.07, 6.45) is -0.0187. The van der Waals surface area contributed by atoms with E-state index in [1.54, 1.807) is 0 Å². The number of hydrogen-bond donors (Lipinski definition) is 1. The van der Waals surface area contributed by atoms with E-state index in [0.717, 1.165) is 6.54 Å². The van der Waals surface area contributed by atoms with Gasteiger partial charge in [-0.15, -0.1) is 0 Å². The highest BCUT2D eigenvalue weighted by molar-refractivity contribution is 5.04. The molecule has 52 valence electrons. The van der Waals surface area contributed by atoms with Crippen LogP contribution in [-0.4, -0.2) is 31.5 Å². The van der Waals surface area contributed by atoms with Gasteiger partial charge < -0.3 is 10.1 Å². The lowest BCUT2D eigenvalue weighted by molar-refractivity contribution is -0.0924. The summed E-state index contributed by atoms with van der Waals surface area (Å²) < 4.78 is 17.8. The second-order valence-electron chi connectivity index (χ2n) is 2.83. The fourth-order valence-corrected chi connectivity index (χ4v) is 1.44. The van der Waals surface area contributed by atoms with Crippen molar-refractivity contribution in [2.24, 2.45) is 0 Å². The molecule has 2 heterocycles. The fraction of sp³-hybridized carbons (Fsp3) is 1.00. The van der Waals surface area contributed by atoms with Crippen LogP contribution in [0.1, 0.15) is 6.42 Å². The quantitative estimate of drug-likeness (QED) is 0.503. The first-order chi connectivity index (χ1) is 4.33. The first-order valence-electron chi connectivity index (χ1n) is 3.30. The van der Waals surface area contributed by atoms with Gasteiger partial charge in [0, 0.05) is 0 Å². The number of nitrogens with one attached hydrogen (secondary N) is 1. The smallest absolute Gasteiger partial charge is 0.124 e. The zero-order chi connectivity index (χ0) is 6.32. The molecule has 3 heteroatoms. The second kappa shape index (κ2) is 1.67. The second-order valence-corrected chi connectivity index (χ2v) is 2.83. The van der Waals surface area contributed by atoms with Gasteiger partial charge in [0.15, 0.2) is 0 Å². The Kier molecular flexibility index (Phi) is 1.04. The summed E-state index contributed by atoms with van der Waals surface area (Å²) >= 11 is 0. The Morgan fingerprint density at radius 3 is 2.56 bits per heavy atom. The zero-order valence-corrected chi connectivity index (χ0v) is 5.19. The van der Waals surface area contributed by atoms with Crippen molar-refractivity contribution in [3.05, 3.63) is 0 Å². The predicted octanol–water partition coefficient (Wildman–Crippen LogP) is 0.0868. The number of alkyl halides is 1. The van der Waals surface area contributed by atoms with Crippen LogP contribution in [0, 0.1) is 0 Å². The minimum atomic E-state index is -0.675. The third-order valence-corrected chi connectivity index (χ3v) is 2.19. The van der Waals surface area contributed by atoms with E-state index in [4.69, 9.17) is 4.74 Å². The van der Waals surface area contributed by atoms with E-state index in [-0.39, 0.29) is 5.54 Å². The van der Waals surface area contributed by atoms with Crippen LogP contribution in [-0.2, 0) is 4.74 Å². The van der Waals surface area contributed by atoms with Crippen molar-refractivity contribution in [1.29, 1.82) is 0 Å². The minimum absolute atomic E-state index is 0.264. The Morgan fingerprint density at radius 2 is 2.33 bits per heavy atom. The Balaban J connectivity index is 2.09. The van der Waals surface area contributed by atoms with Crippen molar-refractivity contribution in [3.8, 4) is 0 Å². The minimum Gasteiger partial charge on any atom is -0.377 e. The van der Waals surface area contributed by atoms with Crippen LogP contribution in [0.3, 0.4) is 0 Å². The molecule has 0 bridgehead atoms. The molecule has 0 saturated carbocycles. The van der Waals surface area contributed by atoms with Crippen molar-refractivity contribution in [1.82, 2.24) is 5.32 Å². The van der Waals surface area contributed by atoms with Crippen LogP contribution >= 0.6 is 0 Å². The lowest BCUT2D eigenvalue weighted by Gasteiger charge is -2.39. The maximum absolute atomic E-state index is 12.9. The maximum atomic E-state index is 12.9. The number of hydrogen-bond acceptors (Lipinski definition) is 2. The summed E-state index contributed by atoms with van der Waals surface area (Å²) in [5.74, 6) is 0. The first-order valence-corrected chi connectivity index (χ1v) is 3.30.